The van der Waals surface area contributed by atoms with Crippen LogP contribution in [-0.2, 0) is 13.0 Å². The van der Waals surface area contributed by atoms with Crippen LogP contribution in [0.5, 0.6) is 5.75 Å². The van der Waals surface area contributed by atoms with Crippen LogP contribution in [-0.4, -0.2) is 23.6 Å². The minimum atomic E-state index is 0.642. The van der Waals surface area contributed by atoms with E-state index in [1.165, 1.54) is 5.56 Å². The molecule has 0 saturated heterocycles. The standard InChI is InChI=1S/C21H24N4O/c1-26-19-12-6-5-11-18(19)16-24-20-13-15-23-21(25-20)22-14-7-10-17-8-3-2-4-9-17/h2-6,8-9,11-13,15H,7,10,14,16H2,1H3,(H2,22,23,24,25). The van der Waals surface area contributed by atoms with Gasteiger partial charge in [0, 0.05) is 24.8 Å². The van der Waals surface area contributed by atoms with Gasteiger partial charge in [0.15, 0.2) is 0 Å². The molecule has 0 spiro atoms. The normalized spacial score (nSPS) is 10.3. The van der Waals surface area contributed by atoms with Gasteiger partial charge in [-0.2, -0.15) is 4.98 Å². The summed E-state index contributed by atoms with van der Waals surface area (Å²) < 4.78 is 5.37. The smallest absolute Gasteiger partial charge is 0.224 e. The summed E-state index contributed by atoms with van der Waals surface area (Å²) in [7, 11) is 1.68. The van der Waals surface area contributed by atoms with Crippen LogP contribution in [0.25, 0.3) is 0 Å². The lowest BCUT2D eigenvalue weighted by molar-refractivity contribution is 0.410. The number of hydrogen-bond acceptors (Lipinski definition) is 5. The second-order valence-electron chi connectivity index (χ2n) is 5.95. The fraction of sp³-hybridized carbons (Fsp3) is 0.238. The van der Waals surface area contributed by atoms with E-state index in [1.54, 1.807) is 13.3 Å². The van der Waals surface area contributed by atoms with Gasteiger partial charge in [-0.1, -0.05) is 48.5 Å². The zero-order chi connectivity index (χ0) is 18.0. The highest BCUT2D eigenvalue weighted by molar-refractivity contribution is 5.42. The maximum atomic E-state index is 5.37. The summed E-state index contributed by atoms with van der Waals surface area (Å²) in [6, 6.07) is 20.3. The van der Waals surface area contributed by atoms with Gasteiger partial charge in [-0.05, 0) is 30.5 Å². The summed E-state index contributed by atoms with van der Waals surface area (Å²) in [4.78, 5) is 8.80. The van der Waals surface area contributed by atoms with Crippen LogP contribution >= 0.6 is 0 Å². The van der Waals surface area contributed by atoms with Crippen LogP contribution in [0.15, 0.2) is 66.9 Å². The third-order valence-corrected chi connectivity index (χ3v) is 4.08. The minimum Gasteiger partial charge on any atom is -0.496 e. The fourth-order valence-corrected chi connectivity index (χ4v) is 2.71. The van der Waals surface area contributed by atoms with E-state index in [0.717, 1.165) is 36.5 Å². The van der Waals surface area contributed by atoms with Crippen molar-refractivity contribution >= 4 is 11.8 Å². The average Bonchev–Trinajstić information content (AvgIpc) is 2.71. The lowest BCUT2D eigenvalue weighted by Crippen LogP contribution is -2.09. The molecular formula is C21H24N4O. The number of nitrogens with zero attached hydrogens (tertiary/aromatic N) is 2. The maximum Gasteiger partial charge on any atom is 0.224 e. The molecule has 134 valence electrons. The van der Waals surface area contributed by atoms with Gasteiger partial charge >= 0.3 is 0 Å². The van der Waals surface area contributed by atoms with Crippen molar-refractivity contribution in [3.05, 3.63) is 78.0 Å². The van der Waals surface area contributed by atoms with Crippen molar-refractivity contribution < 1.29 is 4.74 Å². The fourth-order valence-electron chi connectivity index (χ4n) is 2.71. The number of ether oxygens (including phenoxy) is 1. The molecule has 0 unspecified atom stereocenters. The van der Waals surface area contributed by atoms with Crippen molar-refractivity contribution in [1.29, 1.82) is 0 Å². The second-order valence-corrected chi connectivity index (χ2v) is 5.95. The zero-order valence-electron chi connectivity index (χ0n) is 15.0. The van der Waals surface area contributed by atoms with Crippen LogP contribution in [0.2, 0.25) is 0 Å². The van der Waals surface area contributed by atoms with Gasteiger partial charge in [0.1, 0.15) is 11.6 Å². The van der Waals surface area contributed by atoms with Gasteiger partial charge in [0.25, 0.3) is 0 Å². The highest BCUT2D eigenvalue weighted by Gasteiger charge is 2.03. The first-order chi connectivity index (χ1) is 12.8. The summed E-state index contributed by atoms with van der Waals surface area (Å²) >= 11 is 0. The van der Waals surface area contributed by atoms with Crippen molar-refractivity contribution in [2.75, 3.05) is 24.3 Å². The van der Waals surface area contributed by atoms with Gasteiger partial charge in [-0.3, -0.25) is 0 Å². The molecule has 2 N–H and O–H groups in total. The number of benzene rings is 2. The van der Waals surface area contributed by atoms with Crippen LogP contribution < -0.4 is 15.4 Å². The van der Waals surface area contributed by atoms with Crippen molar-refractivity contribution in [3.63, 3.8) is 0 Å². The Labute approximate surface area is 154 Å². The van der Waals surface area contributed by atoms with E-state index in [1.807, 2.05) is 36.4 Å². The van der Waals surface area contributed by atoms with Crippen LogP contribution in [0.3, 0.4) is 0 Å². The molecule has 0 bridgehead atoms. The molecule has 1 aromatic heterocycles. The largest absolute Gasteiger partial charge is 0.496 e. The topological polar surface area (TPSA) is 59.1 Å². The molecular weight excluding hydrogens is 324 g/mol. The SMILES string of the molecule is COc1ccccc1CNc1ccnc(NCCCc2ccccc2)n1. The molecule has 3 rings (SSSR count). The molecule has 1 heterocycles. The monoisotopic (exact) mass is 348 g/mol. The number of methoxy groups -OCH3 is 1. The number of aromatic nitrogens is 2. The summed E-state index contributed by atoms with van der Waals surface area (Å²) in [5.74, 6) is 2.30. The Bertz CT molecular complexity index is 808. The third-order valence-electron chi connectivity index (χ3n) is 4.08. The van der Waals surface area contributed by atoms with E-state index in [9.17, 15) is 0 Å². The van der Waals surface area contributed by atoms with E-state index in [4.69, 9.17) is 4.74 Å². The Morgan fingerprint density at radius 2 is 1.73 bits per heavy atom. The van der Waals surface area contributed by atoms with E-state index >= 15 is 0 Å². The van der Waals surface area contributed by atoms with Gasteiger partial charge < -0.3 is 15.4 Å². The number of para-hydroxylation sites is 1. The Kier molecular flexibility index (Phi) is 6.42. The van der Waals surface area contributed by atoms with Crippen LogP contribution in [0, 0.1) is 0 Å². The molecule has 0 aliphatic heterocycles. The Morgan fingerprint density at radius 3 is 2.58 bits per heavy atom. The molecule has 0 atom stereocenters. The third kappa shape index (κ3) is 5.21. The van der Waals surface area contributed by atoms with Crippen LogP contribution in [0.4, 0.5) is 11.8 Å². The Hall–Kier alpha value is -3.08. The number of hydrogen-bond donors (Lipinski definition) is 2. The first-order valence-corrected chi connectivity index (χ1v) is 8.82. The summed E-state index contributed by atoms with van der Waals surface area (Å²) in [6.07, 6.45) is 3.84. The van der Waals surface area contributed by atoms with E-state index in [0.29, 0.717) is 12.5 Å². The minimum absolute atomic E-state index is 0.642. The first kappa shape index (κ1) is 17.7. The molecule has 2 aromatic carbocycles. The van der Waals surface area contributed by atoms with Gasteiger partial charge in [0.2, 0.25) is 5.95 Å². The molecule has 0 radical (unpaired) electrons. The quantitative estimate of drug-likeness (QED) is 0.569. The van der Waals surface area contributed by atoms with Gasteiger partial charge in [0.05, 0.1) is 7.11 Å². The van der Waals surface area contributed by atoms with Gasteiger partial charge in [-0.25, -0.2) is 4.98 Å². The lowest BCUT2D eigenvalue weighted by atomic mass is 10.1. The average molecular weight is 348 g/mol. The number of nitrogens with one attached hydrogen (secondary N) is 2. The van der Waals surface area contributed by atoms with E-state index < -0.39 is 0 Å². The summed E-state index contributed by atoms with van der Waals surface area (Å²) in [6.45, 7) is 1.49. The zero-order valence-corrected chi connectivity index (χ0v) is 15.0. The van der Waals surface area contributed by atoms with Crippen molar-refractivity contribution in [2.24, 2.45) is 0 Å². The molecule has 5 nitrogen and oxygen atoms in total. The maximum absolute atomic E-state index is 5.37. The molecule has 0 aliphatic rings. The number of rotatable bonds is 9. The predicted molar refractivity (Wildman–Crippen MR) is 106 cm³/mol. The predicted octanol–water partition coefficient (Wildman–Crippen LogP) is 4.14. The second kappa shape index (κ2) is 9.42. The molecule has 5 heteroatoms. The van der Waals surface area contributed by atoms with E-state index in [2.05, 4.69) is 44.9 Å². The summed E-state index contributed by atoms with van der Waals surface area (Å²) in [5, 5.41) is 6.61. The molecule has 0 fully saturated rings. The highest BCUT2D eigenvalue weighted by atomic mass is 16.5. The molecule has 0 aliphatic carbocycles. The summed E-state index contributed by atoms with van der Waals surface area (Å²) in [5.41, 5.74) is 2.44. The molecule has 0 saturated carbocycles. The van der Waals surface area contributed by atoms with Gasteiger partial charge in [-0.15, -0.1) is 0 Å². The Balaban J connectivity index is 1.48. The van der Waals surface area contributed by atoms with Crippen molar-refractivity contribution in [2.45, 2.75) is 19.4 Å². The Morgan fingerprint density at radius 1 is 0.923 bits per heavy atom. The van der Waals surface area contributed by atoms with Crippen molar-refractivity contribution in [3.8, 4) is 5.75 Å². The molecule has 3 aromatic rings. The molecule has 26 heavy (non-hydrogen) atoms. The number of aryl methyl sites for hydroxylation is 1. The van der Waals surface area contributed by atoms with E-state index in [-0.39, 0.29) is 0 Å². The van der Waals surface area contributed by atoms with Crippen LogP contribution in [0.1, 0.15) is 17.5 Å². The highest BCUT2D eigenvalue weighted by Crippen LogP contribution is 2.18. The number of anilines is 2. The lowest BCUT2D eigenvalue weighted by Gasteiger charge is -2.11. The van der Waals surface area contributed by atoms with Crippen molar-refractivity contribution in [1.82, 2.24) is 9.97 Å². The first-order valence-electron chi connectivity index (χ1n) is 8.82. The molecule has 0 amide bonds.